The summed E-state index contributed by atoms with van der Waals surface area (Å²) in [5, 5.41) is 0. The number of hydrogen-bond acceptors (Lipinski definition) is 2. The molecule has 1 aromatic rings. The van der Waals surface area contributed by atoms with Gasteiger partial charge in [0.25, 0.3) is 0 Å². The molecule has 1 atom stereocenters. The highest BCUT2D eigenvalue weighted by Gasteiger charge is 2.32. The Morgan fingerprint density at radius 1 is 1.29 bits per heavy atom. The molecule has 0 aliphatic heterocycles. The Morgan fingerprint density at radius 2 is 2.06 bits per heavy atom. The average molecular weight is 244 g/mol. The molecule has 1 aliphatic carbocycles. The first-order valence-electron chi connectivity index (χ1n) is 5.34. The minimum absolute atomic E-state index is 0.0918. The van der Waals surface area contributed by atoms with Crippen LogP contribution >= 0.6 is 0 Å². The van der Waals surface area contributed by atoms with Crippen molar-refractivity contribution < 1.29 is 22.7 Å². The molecule has 1 aromatic carbocycles. The number of carbonyl (C=O) groups excluding carboxylic acids is 1. The van der Waals surface area contributed by atoms with E-state index in [2.05, 4.69) is 4.74 Å². The largest absolute Gasteiger partial charge is 0.573 e. The predicted octanol–water partition coefficient (Wildman–Crippen LogP) is 3.42. The van der Waals surface area contributed by atoms with E-state index in [-0.39, 0.29) is 17.5 Å². The molecule has 0 bridgehead atoms. The highest BCUT2D eigenvalue weighted by atomic mass is 19.4. The molecule has 17 heavy (non-hydrogen) atoms. The Kier molecular flexibility index (Phi) is 3.09. The van der Waals surface area contributed by atoms with Crippen LogP contribution < -0.4 is 4.74 Å². The van der Waals surface area contributed by atoms with Gasteiger partial charge in [-0.1, -0.05) is 12.1 Å². The number of Topliss-reactive ketones (excluding diaryl/α,β-unsaturated/α-hetero) is 1. The second-order valence-electron chi connectivity index (χ2n) is 4.03. The molecule has 0 spiro atoms. The minimum atomic E-state index is -4.70. The molecule has 0 radical (unpaired) electrons. The number of hydrogen-bond donors (Lipinski definition) is 0. The molecule has 2 nitrogen and oxygen atoms in total. The number of ketones is 1. The first kappa shape index (κ1) is 12.0. The lowest BCUT2D eigenvalue weighted by Crippen LogP contribution is -2.17. The Labute approximate surface area is 96.4 Å². The maximum atomic E-state index is 12.0. The van der Waals surface area contributed by atoms with Gasteiger partial charge in [-0.05, 0) is 30.5 Å². The third-order valence-electron chi connectivity index (χ3n) is 2.80. The normalized spacial score (nSPS) is 20.6. The van der Waals surface area contributed by atoms with E-state index in [0.29, 0.717) is 18.4 Å². The van der Waals surface area contributed by atoms with E-state index in [1.54, 1.807) is 6.07 Å². The SMILES string of the molecule is O=C1CCCC1c1cccc(OC(F)(F)F)c1. The quantitative estimate of drug-likeness (QED) is 0.796. The molecule has 5 heteroatoms. The molecule has 2 rings (SSSR count). The predicted molar refractivity (Wildman–Crippen MR) is 54.7 cm³/mol. The van der Waals surface area contributed by atoms with Crippen LogP contribution in [-0.2, 0) is 4.79 Å². The molecule has 0 saturated heterocycles. The Hall–Kier alpha value is -1.52. The molecular weight excluding hydrogens is 233 g/mol. The summed E-state index contributed by atoms with van der Waals surface area (Å²) in [5.74, 6) is -0.448. The van der Waals surface area contributed by atoms with Crippen LogP contribution in [0.25, 0.3) is 0 Å². The first-order valence-corrected chi connectivity index (χ1v) is 5.34. The van der Waals surface area contributed by atoms with Crippen molar-refractivity contribution in [2.24, 2.45) is 0 Å². The van der Waals surface area contributed by atoms with Gasteiger partial charge in [0.05, 0.1) is 0 Å². The van der Waals surface area contributed by atoms with Gasteiger partial charge in [-0.2, -0.15) is 0 Å². The third kappa shape index (κ3) is 2.99. The third-order valence-corrected chi connectivity index (χ3v) is 2.80. The lowest BCUT2D eigenvalue weighted by Gasteiger charge is -2.12. The zero-order valence-electron chi connectivity index (χ0n) is 8.96. The van der Waals surface area contributed by atoms with E-state index in [9.17, 15) is 18.0 Å². The fraction of sp³-hybridized carbons (Fsp3) is 0.417. The molecule has 1 unspecified atom stereocenters. The summed E-state index contributed by atoms with van der Waals surface area (Å²) in [6, 6.07) is 5.66. The van der Waals surface area contributed by atoms with Gasteiger partial charge < -0.3 is 4.74 Å². The zero-order chi connectivity index (χ0) is 12.5. The maximum Gasteiger partial charge on any atom is 0.573 e. The Balaban J connectivity index is 2.19. The standard InChI is InChI=1S/C12H11F3O2/c13-12(14,15)17-9-4-1-3-8(7-9)10-5-2-6-11(10)16/h1,3-4,7,10H,2,5-6H2. The molecule has 1 aliphatic rings. The summed E-state index contributed by atoms with van der Waals surface area (Å²) in [7, 11) is 0. The van der Waals surface area contributed by atoms with Crippen molar-refractivity contribution in [2.45, 2.75) is 31.5 Å². The van der Waals surface area contributed by atoms with Crippen molar-refractivity contribution in [3.05, 3.63) is 29.8 Å². The Bertz CT molecular complexity index is 426. The van der Waals surface area contributed by atoms with Gasteiger partial charge in [-0.3, -0.25) is 4.79 Å². The topological polar surface area (TPSA) is 26.3 Å². The van der Waals surface area contributed by atoms with E-state index in [4.69, 9.17) is 0 Å². The van der Waals surface area contributed by atoms with Crippen LogP contribution in [0.1, 0.15) is 30.7 Å². The summed E-state index contributed by atoms with van der Waals surface area (Å²) >= 11 is 0. The molecule has 0 aromatic heterocycles. The smallest absolute Gasteiger partial charge is 0.406 e. The van der Waals surface area contributed by atoms with Crippen molar-refractivity contribution in [3.63, 3.8) is 0 Å². The maximum absolute atomic E-state index is 12.0. The number of rotatable bonds is 2. The number of alkyl halides is 3. The van der Waals surface area contributed by atoms with Crippen LogP contribution in [0.15, 0.2) is 24.3 Å². The summed E-state index contributed by atoms with van der Waals surface area (Å²) in [5.41, 5.74) is 0.606. The monoisotopic (exact) mass is 244 g/mol. The summed E-state index contributed by atoms with van der Waals surface area (Å²) in [6.45, 7) is 0. The number of halogens is 3. The first-order chi connectivity index (χ1) is 7.96. The molecule has 92 valence electrons. The van der Waals surface area contributed by atoms with E-state index in [0.717, 1.165) is 6.42 Å². The van der Waals surface area contributed by atoms with Gasteiger partial charge in [0, 0.05) is 12.3 Å². The highest BCUT2D eigenvalue weighted by Crippen LogP contribution is 2.33. The van der Waals surface area contributed by atoms with E-state index in [1.165, 1.54) is 18.2 Å². The van der Waals surface area contributed by atoms with E-state index in [1.807, 2.05) is 0 Å². The summed E-state index contributed by atoms with van der Waals surface area (Å²) in [4.78, 5) is 11.5. The van der Waals surface area contributed by atoms with Crippen molar-refractivity contribution in [1.82, 2.24) is 0 Å². The molecule has 1 fully saturated rings. The number of carbonyl (C=O) groups is 1. The Morgan fingerprint density at radius 3 is 2.65 bits per heavy atom. The van der Waals surface area contributed by atoms with E-state index < -0.39 is 6.36 Å². The van der Waals surface area contributed by atoms with Crippen LogP contribution in [0.4, 0.5) is 13.2 Å². The lowest BCUT2D eigenvalue weighted by atomic mass is 9.97. The zero-order valence-corrected chi connectivity index (χ0v) is 8.96. The van der Waals surface area contributed by atoms with E-state index >= 15 is 0 Å². The van der Waals surface area contributed by atoms with Crippen LogP contribution in [0.5, 0.6) is 5.75 Å². The highest BCUT2D eigenvalue weighted by molar-refractivity contribution is 5.87. The summed E-state index contributed by atoms with van der Waals surface area (Å²) < 4.78 is 39.9. The fourth-order valence-electron chi connectivity index (χ4n) is 2.10. The van der Waals surface area contributed by atoms with Gasteiger partial charge in [0.2, 0.25) is 0 Å². The number of benzene rings is 1. The summed E-state index contributed by atoms with van der Waals surface area (Å²) in [6.07, 6.45) is -2.69. The van der Waals surface area contributed by atoms with Crippen molar-refractivity contribution in [2.75, 3.05) is 0 Å². The molecular formula is C12H11F3O2. The molecule has 0 heterocycles. The minimum Gasteiger partial charge on any atom is -0.406 e. The van der Waals surface area contributed by atoms with Gasteiger partial charge >= 0.3 is 6.36 Å². The van der Waals surface area contributed by atoms with Gasteiger partial charge in [-0.15, -0.1) is 13.2 Å². The van der Waals surface area contributed by atoms with Crippen molar-refractivity contribution >= 4 is 5.78 Å². The lowest BCUT2D eigenvalue weighted by molar-refractivity contribution is -0.274. The second-order valence-corrected chi connectivity index (χ2v) is 4.03. The molecule has 0 N–H and O–H groups in total. The van der Waals surface area contributed by atoms with Crippen LogP contribution in [0, 0.1) is 0 Å². The van der Waals surface area contributed by atoms with Gasteiger partial charge in [-0.25, -0.2) is 0 Å². The van der Waals surface area contributed by atoms with Gasteiger partial charge in [0.1, 0.15) is 11.5 Å². The fourth-order valence-corrected chi connectivity index (χ4v) is 2.10. The number of ether oxygens (including phenoxy) is 1. The van der Waals surface area contributed by atoms with Gasteiger partial charge in [0.15, 0.2) is 0 Å². The van der Waals surface area contributed by atoms with Crippen LogP contribution in [0.2, 0.25) is 0 Å². The molecule has 0 amide bonds. The second kappa shape index (κ2) is 4.39. The molecule has 1 saturated carbocycles. The van der Waals surface area contributed by atoms with Crippen LogP contribution in [0.3, 0.4) is 0 Å². The van der Waals surface area contributed by atoms with Crippen LogP contribution in [-0.4, -0.2) is 12.1 Å². The average Bonchev–Trinajstić information content (AvgIpc) is 2.62. The van der Waals surface area contributed by atoms with Crippen molar-refractivity contribution in [1.29, 1.82) is 0 Å². The van der Waals surface area contributed by atoms with Crippen molar-refractivity contribution in [3.8, 4) is 5.75 Å².